The van der Waals surface area contributed by atoms with Crippen molar-refractivity contribution in [3.8, 4) is 0 Å². The lowest BCUT2D eigenvalue weighted by atomic mass is 10.0. The van der Waals surface area contributed by atoms with Gasteiger partial charge in [-0.15, -0.1) is 0 Å². The first-order valence-corrected chi connectivity index (χ1v) is 14.3. The van der Waals surface area contributed by atoms with Crippen molar-refractivity contribution in [3.63, 3.8) is 0 Å². The van der Waals surface area contributed by atoms with Gasteiger partial charge in [0.1, 0.15) is 0 Å². The van der Waals surface area contributed by atoms with E-state index in [0.717, 1.165) is 43.8 Å². The predicted molar refractivity (Wildman–Crippen MR) is 138 cm³/mol. The Balaban J connectivity index is 1.69. The summed E-state index contributed by atoms with van der Waals surface area (Å²) in [5.41, 5.74) is 0. The number of carbonyl (C=O) groups excluding carboxylic acids is 1. The molecule has 0 aromatic heterocycles. The van der Waals surface area contributed by atoms with E-state index in [1.165, 1.54) is 116 Å². The molecule has 4 nitrogen and oxygen atoms in total. The van der Waals surface area contributed by atoms with E-state index in [9.17, 15) is 4.79 Å². The summed E-state index contributed by atoms with van der Waals surface area (Å²) < 4.78 is 6.65. The fourth-order valence-corrected chi connectivity index (χ4v) is 4.92. The molecule has 0 saturated carbocycles. The normalized spacial score (nSPS) is 15.3. The van der Waals surface area contributed by atoms with Crippen molar-refractivity contribution < 1.29 is 14.0 Å². The van der Waals surface area contributed by atoms with Crippen LogP contribution in [0.15, 0.2) is 0 Å². The highest BCUT2D eigenvalue weighted by Crippen LogP contribution is 2.15. The first kappa shape index (κ1) is 29.4. The number of rotatable bonds is 23. The van der Waals surface area contributed by atoms with E-state index in [4.69, 9.17) is 4.74 Å². The molecule has 0 unspecified atom stereocenters. The number of likely N-dealkylation sites (tertiary alicyclic amines) is 1. The molecule has 1 fully saturated rings. The molecule has 4 heteroatoms. The Labute approximate surface area is 200 Å². The zero-order valence-corrected chi connectivity index (χ0v) is 21.9. The summed E-state index contributed by atoms with van der Waals surface area (Å²) in [4.78, 5) is 12.0. The Hall–Kier alpha value is -0.610. The van der Waals surface area contributed by atoms with Crippen molar-refractivity contribution >= 4 is 5.91 Å². The third-order valence-corrected chi connectivity index (χ3v) is 7.10. The van der Waals surface area contributed by atoms with Crippen LogP contribution in [-0.2, 0) is 9.53 Å². The molecule has 1 aliphatic heterocycles. The van der Waals surface area contributed by atoms with Gasteiger partial charge in [0, 0.05) is 32.6 Å². The summed E-state index contributed by atoms with van der Waals surface area (Å²) in [6.07, 6.45) is 25.9. The first-order valence-electron chi connectivity index (χ1n) is 14.3. The second kappa shape index (κ2) is 21.0. The molecular formula is C28H57N2O2+. The maximum absolute atomic E-state index is 12.0. The SMILES string of the molecule is CCCCCCCCCCCCCCCCCCOCCCNC(=O)C[N+]1(C)CCCC1. The molecule has 190 valence electrons. The average molecular weight is 454 g/mol. The Morgan fingerprint density at radius 1 is 0.688 bits per heavy atom. The zero-order chi connectivity index (χ0) is 23.2. The third-order valence-electron chi connectivity index (χ3n) is 7.10. The van der Waals surface area contributed by atoms with Crippen LogP contribution >= 0.6 is 0 Å². The van der Waals surface area contributed by atoms with Crippen molar-refractivity contribution in [1.29, 1.82) is 0 Å². The van der Waals surface area contributed by atoms with Crippen molar-refractivity contribution in [2.24, 2.45) is 0 Å². The van der Waals surface area contributed by atoms with E-state index in [1.54, 1.807) is 0 Å². The van der Waals surface area contributed by atoms with Gasteiger partial charge in [-0.1, -0.05) is 103 Å². The van der Waals surface area contributed by atoms with Gasteiger partial charge in [0.25, 0.3) is 5.91 Å². The highest BCUT2D eigenvalue weighted by Gasteiger charge is 2.29. The van der Waals surface area contributed by atoms with Gasteiger partial charge in [-0.3, -0.25) is 4.79 Å². The van der Waals surface area contributed by atoms with Gasteiger partial charge in [-0.05, 0) is 12.8 Å². The molecule has 1 aliphatic rings. The van der Waals surface area contributed by atoms with E-state index in [1.807, 2.05) is 0 Å². The number of nitrogens with zero attached hydrogens (tertiary/aromatic N) is 1. The highest BCUT2D eigenvalue weighted by atomic mass is 16.5. The van der Waals surface area contributed by atoms with Crippen LogP contribution in [-0.4, -0.2) is 56.8 Å². The highest BCUT2D eigenvalue weighted by molar-refractivity contribution is 5.77. The van der Waals surface area contributed by atoms with Gasteiger partial charge in [0.05, 0.1) is 20.1 Å². The Kier molecular flexibility index (Phi) is 19.3. The minimum Gasteiger partial charge on any atom is -0.381 e. The largest absolute Gasteiger partial charge is 0.381 e. The summed E-state index contributed by atoms with van der Waals surface area (Å²) in [5, 5.41) is 3.06. The second-order valence-corrected chi connectivity index (χ2v) is 10.6. The molecule has 0 aromatic rings. The number of carbonyl (C=O) groups is 1. The van der Waals surface area contributed by atoms with E-state index in [-0.39, 0.29) is 5.91 Å². The van der Waals surface area contributed by atoms with Crippen LogP contribution in [0.2, 0.25) is 0 Å². The monoisotopic (exact) mass is 453 g/mol. The number of likely N-dealkylation sites (N-methyl/N-ethyl adjacent to an activating group) is 1. The van der Waals surface area contributed by atoms with Gasteiger partial charge in [0.15, 0.2) is 6.54 Å². The van der Waals surface area contributed by atoms with Gasteiger partial charge in [-0.2, -0.15) is 0 Å². The molecule has 1 saturated heterocycles. The van der Waals surface area contributed by atoms with Crippen molar-refractivity contribution in [1.82, 2.24) is 5.32 Å². The number of hydrogen-bond acceptors (Lipinski definition) is 2. The average Bonchev–Trinajstić information content (AvgIpc) is 3.20. The molecule has 1 heterocycles. The Morgan fingerprint density at radius 2 is 1.12 bits per heavy atom. The maximum atomic E-state index is 12.0. The van der Waals surface area contributed by atoms with Crippen molar-refractivity contribution in [2.75, 3.05) is 46.4 Å². The third kappa shape index (κ3) is 17.9. The topological polar surface area (TPSA) is 38.3 Å². The number of amides is 1. The molecule has 1 amide bonds. The van der Waals surface area contributed by atoms with Crippen LogP contribution in [0.25, 0.3) is 0 Å². The molecule has 0 radical (unpaired) electrons. The predicted octanol–water partition coefficient (Wildman–Crippen LogP) is 7.01. The van der Waals surface area contributed by atoms with E-state index in [2.05, 4.69) is 19.3 Å². The number of unbranched alkanes of at least 4 members (excludes halogenated alkanes) is 15. The second-order valence-electron chi connectivity index (χ2n) is 10.6. The fourth-order valence-electron chi connectivity index (χ4n) is 4.92. The molecule has 32 heavy (non-hydrogen) atoms. The molecule has 0 spiro atoms. The van der Waals surface area contributed by atoms with Crippen LogP contribution in [0.3, 0.4) is 0 Å². The summed E-state index contributed by atoms with van der Waals surface area (Å²) in [5.74, 6) is 0.201. The number of hydrogen-bond donors (Lipinski definition) is 1. The van der Waals surface area contributed by atoms with Gasteiger partial charge in [-0.25, -0.2) is 0 Å². The lowest BCUT2D eigenvalue weighted by Crippen LogP contribution is -2.48. The molecular weight excluding hydrogens is 396 g/mol. The van der Waals surface area contributed by atoms with Gasteiger partial charge >= 0.3 is 0 Å². The van der Waals surface area contributed by atoms with E-state index < -0.39 is 0 Å². The van der Waals surface area contributed by atoms with E-state index in [0.29, 0.717) is 6.54 Å². The summed E-state index contributed by atoms with van der Waals surface area (Å²) in [7, 11) is 2.20. The van der Waals surface area contributed by atoms with Crippen LogP contribution < -0.4 is 5.32 Å². The molecule has 1 rings (SSSR count). The summed E-state index contributed by atoms with van der Waals surface area (Å²) in [6, 6.07) is 0. The number of nitrogens with one attached hydrogen (secondary N) is 1. The smallest absolute Gasteiger partial charge is 0.275 e. The van der Waals surface area contributed by atoms with Crippen LogP contribution in [0.4, 0.5) is 0 Å². The summed E-state index contributed by atoms with van der Waals surface area (Å²) in [6.45, 7) is 7.62. The molecule has 0 bridgehead atoms. The number of quaternary nitrogens is 1. The molecule has 1 N–H and O–H groups in total. The first-order chi connectivity index (χ1) is 15.7. The van der Waals surface area contributed by atoms with Gasteiger partial charge < -0.3 is 14.5 Å². The van der Waals surface area contributed by atoms with Crippen LogP contribution in [0, 0.1) is 0 Å². The van der Waals surface area contributed by atoms with Crippen LogP contribution in [0.5, 0.6) is 0 Å². The van der Waals surface area contributed by atoms with Crippen molar-refractivity contribution in [2.45, 2.75) is 129 Å². The number of ether oxygens (including phenoxy) is 1. The standard InChI is InChI=1S/C28H56N2O2/c1-3-4-5-6-7-8-9-10-11-12-13-14-15-16-17-20-25-32-26-21-22-29-28(31)27-30(2)23-18-19-24-30/h3-27H2,1-2H3/p+1. The maximum Gasteiger partial charge on any atom is 0.275 e. The minimum absolute atomic E-state index is 0.201. The lowest BCUT2D eigenvalue weighted by Gasteiger charge is -2.28. The van der Waals surface area contributed by atoms with E-state index >= 15 is 0 Å². The quantitative estimate of drug-likeness (QED) is 0.133. The van der Waals surface area contributed by atoms with Crippen LogP contribution in [0.1, 0.15) is 129 Å². The lowest BCUT2D eigenvalue weighted by molar-refractivity contribution is -0.889. The summed E-state index contributed by atoms with van der Waals surface area (Å²) >= 11 is 0. The van der Waals surface area contributed by atoms with Crippen molar-refractivity contribution in [3.05, 3.63) is 0 Å². The Morgan fingerprint density at radius 3 is 1.62 bits per heavy atom. The zero-order valence-electron chi connectivity index (χ0n) is 21.9. The molecule has 0 aliphatic carbocycles. The van der Waals surface area contributed by atoms with Gasteiger partial charge in [0.2, 0.25) is 0 Å². The fraction of sp³-hybridized carbons (Fsp3) is 0.964. The Bertz CT molecular complexity index is 422. The minimum atomic E-state index is 0.201. The molecule has 0 atom stereocenters. The molecule has 0 aromatic carbocycles.